The Kier molecular flexibility index (Phi) is 7.28. The maximum Gasteiger partial charge on any atom is 0.316 e. The Labute approximate surface area is 214 Å². The number of halogens is 1. The molecular weight excluding hydrogens is 488 g/mol. The number of ether oxygens (including phenoxy) is 2. The number of hydrogen-bond donors (Lipinski definition) is 1. The van der Waals surface area contributed by atoms with Crippen molar-refractivity contribution in [1.82, 2.24) is 19.4 Å². The van der Waals surface area contributed by atoms with Crippen molar-refractivity contribution >= 4 is 23.4 Å². The van der Waals surface area contributed by atoms with Crippen molar-refractivity contribution in [3.63, 3.8) is 0 Å². The van der Waals surface area contributed by atoms with Gasteiger partial charge in [0.2, 0.25) is 12.0 Å². The van der Waals surface area contributed by atoms with Crippen LogP contribution in [0.5, 0.6) is 11.5 Å². The van der Waals surface area contributed by atoms with Gasteiger partial charge in [0.05, 0.1) is 11.1 Å². The van der Waals surface area contributed by atoms with Crippen molar-refractivity contribution in [3.05, 3.63) is 51.2 Å². The zero-order valence-corrected chi connectivity index (χ0v) is 21.6. The summed E-state index contributed by atoms with van der Waals surface area (Å²) < 4.78 is 12.9. The number of para-hydroxylation sites is 1. The average Bonchev–Trinajstić information content (AvgIpc) is 3.31. The summed E-state index contributed by atoms with van der Waals surface area (Å²) in [6.45, 7) is 6.28. The number of nitrogens with zero attached hydrogens (tertiary/aromatic N) is 4. The second kappa shape index (κ2) is 10.1. The second-order valence-corrected chi connectivity index (χ2v) is 10.5. The lowest BCUT2D eigenvalue weighted by Gasteiger charge is -2.34. The van der Waals surface area contributed by atoms with Gasteiger partial charge in [-0.05, 0) is 25.0 Å². The first-order valence-electron chi connectivity index (χ1n) is 11.9. The Morgan fingerprint density at radius 1 is 1.22 bits per heavy atom. The number of hydrogen-bond acceptors (Lipinski definition) is 7. The van der Waals surface area contributed by atoms with E-state index in [2.05, 4.69) is 4.98 Å². The molecule has 2 atom stereocenters. The molecule has 194 valence electrons. The summed E-state index contributed by atoms with van der Waals surface area (Å²) in [7, 11) is 1.64. The van der Waals surface area contributed by atoms with Gasteiger partial charge in [-0.15, -0.1) is 0 Å². The maximum absolute atomic E-state index is 13.2. The average molecular weight is 519 g/mol. The van der Waals surface area contributed by atoms with Crippen molar-refractivity contribution in [2.24, 2.45) is 5.41 Å². The number of carbonyl (C=O) groups excluding carboxylic acids is 2. The van der Waals surface area contributed by atoms with Crippen LogP contribution in [0, 0.1) is 5.41 Å². The largest absolute Gasteiger partial charge is 0.482 e. The molecule has 2 aliphatic heterocycles. The van der Waals surface area contributed by atoms with Crippen molar-refractivity contribution in [1.29, 1.82) is 0 Å². The molecule has 4 rings (SSSR count). The standard InChI is InChI=1S/C25H31ClN4O6/c1-25(2,3)24(34)36-20-19-23(33)28(4)12-13-30(19)21(27-22(20)32)16-9-7-11-29(16)18(31)14-35-17-10-6-5-8-15(17)26/h5-6,8,10,16,24,34H,7,9,11-14H2,1-4H3. The predicted molar refractivity (Wildman–Crippen MR) is 132 cm³/mol. The number of benzene rings is 1. The molecule has 36 heavy (non-hydrogen) atoms. The van der Waals surface area contributed by atoms with Crippen LogP contribution in [-0.2, 0) is 11.3 Å². The molecule has 0 saturated carbocycles. The van der Waals surface area contributed by atoms with Crippen LogP contribution in [0.25, 0.3) is 0 Å². The third kappa shape index (κ3) is 5.05. The van der Waals surface area contributed by atoms with E-state index >= 15 is 0 Å². The monoisotopic (exact) mass is 518 g/mol. The van der Waals surface area contributed by atoms with Gasteiger partial charge < -0.3 is 28.9 Å². The number of aliphatic hydroxyl groups excluding tert-OH is 1. The first-order chi connectivity index (χ1) is 17.0. The molecule has 1 aromatic heterocycles. The molecule has 0 radical (unpaired) electrons. The third-order valence-corrected chi connectivity index (χ3v) is 6.72. The minimum atomic E-state index is -1.32. The van der Waals surface area contributed by atoms with Crippen molar-refractivity contribution in [3.8, 4) is 11.5 Å². The Balaban J connectivity index is 1.67. The van der Waals surface area contributed by atoms with Gasteiger partial charge >= 0.3 is 5.56 Å². The fourth-order valence-electron chi connectivity index (χ4n) is 4.29. The van der Waals surface area contributed by atoms with Gasteiger partial charge in [-0.25, -0.2) is 0 Å². The molecule has 2 aliphatic rings. The van der Waals surface area contributed by atoms with E-state index in [0.717, 1.165) is 0 Å². The molecular formula is C25H31ClN4O6. The summed E-state index contributed by atoms with van der Waals surface area (Å²) in [5.74, 6) is -0.226. The highest BCUT2D eigenvalue weighted by Gasteiger charge is 2.39. The Morgan fingerprint density at radius 2 is 1.94 bits per heavy atom. The summed E-state index contributed by atoms with van der Waals surface area (Å²) in [4.78, 5) is 46.8. The molecule has 0 bridgehead atoms. The number of amides is 2. The zero-order chi connectivity index (χ0) is 26.2. The van der Waals surface area contributed by atoms with E-state index in [1.807, 2.05) is 0 Å². The quantitative estimate of drug-likeness (QED) is 0.584. The lowest BCUT2D eigenvalue weighted by molar-refractivity contribution is -0.134. The van der Waals surface area contributed by atoms with Gasteiger partial charge in [0.15, 0.2) is 12.3 Å². The normalized spacial score (nSPS) is 18.7. The number of carbonyl (C=O) groups is 2. The first-order valence-corrected chi connectivity index (χ1v) is 12.3. The predicted octanol–water partition coefficient (Wildman–Crippen LogP) is 2.47. The van der Waals surface area contributed by atoms with E-state index in [1.54, 1.807) is 61.6 Å². The van der Waals surface area contributed by atoms with Crippen LogP contribution >= 0.6 is 11.6 Å². The summed E-state index contributed by atoms with van der Waals surface area (Å²) in [5.41, 5.74) is -1.41. The van der Waals surface area contributed by atoms with Gasteiger partial charge in [0.25, 0.3) is 11.8 Å². The topological polar surface area (TPSA) is 114 Å². The summed E-state index contributed by atoms with van der Waals surface area (Å²) in [5, 5.41) is 10.9. The van der Waals surface area contributed by atoms with E-state index < -0.39 is 29.2 Å². The van der Waals surface area contributed by atoms with Gasteiger partial charge in [-0.2, -0.15) is 4.98 Å². The molecule has 10 nitrogen and oxygen atoms in total. The number of aromatic nitrogens is 2. The number of fused-ring (bicyclic) bond motifs is 1. The summed E-state index contributed by atoms with van der Waals surface area (Å²) in [6, 6.07) is 6.39. The van der Waals surface area contributed by atoms with Crippen LogP contribution in [0.15, 0.2) is 29.1 Å². The van der Waals surface area contributed by atoms with Gasteiger partial charge in [0, 0.05) is 32.1 Å². The van der Waals surface area contributed by atoms with Gasteiger partial charge in [0.1, 0.15) is 11.6 Å². The molecule has 0 aliphatic carbocycles. The van der Waals surface area contributed by atoms with Crippen molar-refractivity contribution in [2.45, 2.75) is 52.5 Å². The highest BCUT2D eigenvalue weighted by atomic mass is 35.5. The van der Waals surface area contributed by atoms with E-state index in [0.29, 0.717) is 49.1 Å². The molecule has 1 saturated heterocycles. The molecule has 11 heteroatoms. The third-order valence-electron chi connectivity index (χ3n) is 6.41. The number of likely N-dealkylation sites (tertiary alicyclic amines) is 1. The molecule has 2 unspecified atom stereocenters. The molecule has 3 heterocycles. The Bertz CT molecular complexity index is 1220. The van der Waals surface area contributed by atoms with Crippen LogP contribution in [0.1, 0.15) is 56.0 Å². The highest BCUT2D eigenvalue weighted by molar-refractivity contribution is 6.32. The minimum Gasteiger partial charge on any atom is -0.482 e. The maximum atomic E-state index is 13.2. The molecule has 1 aromatic carbocycles. The fourth-order valence-corrected chi connectivity index (χ4v) is 4.48. The van der Waals surface area contributed by atoms with Crippen LogP contribution in [0.4, 0.5) is 0 Å². The molecule has 1 N–H and O–H groups in total. The fraction of sp³-hybridized carbons (Fsp3) is 0.520. The number of likely N-dealkylation sites (N-methyl/N-ethyl adjacent to an activating group) is 1. The van der Waals surface area contributed by atoms with E-state index in [1.165, 1.54) is 4.90 Å². The van der Waals surface area contributed by atoms with Gasteiger partial charge in [-0.3, -0.25) is 14.4 Å². The Morgan fingerprint density at radius 3 is 2.64 bits per heavy atom. The lowest BCUT2D eigenvalue weighted by atomic mass is 9.96. The van der Waals surface area contributed by atoms with Crippen LogP contribution in [-0.4, -0.2) is 69.3 Å². The second-order valence-electron chi connectivity index (χ2n) is 10.1. The number of rotatable bonds is 6. The molecule has 2 aromatic rings. The number of aliphatic hydroxyl groups is 1. The summed E-state index contributed by atoms with van der Waals surface area (Å²) in [6.07, 6.45) is -0.0321. The SMILES string of the molecule is CN1CCn2c(C3CCCN3C(=O)COc3ccccc3Cl)nc(=O)c(OC(O)C(C)(C)C)c2C1=O. The van der Waals surface area contributed by atoms with Crippen molar-refractivity contribution in [2.75, 3.05) is 26.7 Å². The molecule has 0 spiro atoms. The zero-order valence-electron chi connectivity index (χ0n) is 20.9. The highest BCUT2D eigenvalue weighted by Crippen LogP contribution is 2.34. The van der Waals surface area contributed by atoms with E-state index in [-0.39, 0.29) is 24.0 Å². The Hall–Kier alpha value is -3.11. The van der Waals surface area contributed by atoms with Crippen molar-refractivity contribution < 1.29 is 24.2 Å². The minimum absolute atomic E-state index is 0.0358. The summed E-state index contributed by atoms with van der Waals surface area (Å²) >= 11 is 6.13. The molecule has 1 fully saturated rings. The van der Waals surface area contributed by atoms with E-state index in [9.17, 15) is 19.5 Å². The smallest absolute Gasteiger partial charge is 0.316 e. The first kappa shape index (κ1) is 26.0. The molecule has 2 amide bonds. The van der Waals surface area contributed by atoms with Crippen LogP contribution in [0.3, 0.4) is 0 Å². The lowest BCUT2D eigenvalue weighted by Crippen LogP contribution is -2.45. The van der Waals surface area contributed by atoms with Crippen LogP contribution in [0.2, 0.25) is 5.02 Å². The van der Waals surface area contributed by atoms with Crippen LogP contribution < -0.4 is 15.0 Å². The van der Waals surface area contributed by atoms with E-state index in [4.69, 9.17) is 21.1 Å². The van der Waals surface area contributed by atoms with Gasteiger partial charge in [-0.1, -0.05) is 44.5 Å².